The van der Waals surface area contributed by atoms with Crippen LogP contribution < -0.4 is 11.1 Å². The van der Waals surface area contributed by atoms with Crippen LogP contribution in [-0.4, -0.2) is 33.3 Å². The van der Waals surface area contributed by atoms with E-state index in [0.29, 0.717) is 18.5 Å². The summed E-state index contributed by atoms with van der Waals surface area (Å²) in [6.07, 6.45) is 4.68. The molecule has 1 amide bonds. The van der Waals surface area contributed by atoms with E-state index in [2.05, 4.69) is 10.4 Å². The molecule has 0 saturated carbocycles. The van der Waals surface area contributed by atoms with E-state index < -0.39 is 12.0 Å². The molecule has 0 spiro atoms. The fraction of sp³-hybridized carbons (Fsp3) is 0.545. The molecule has 0 bridgehead atoms. The Morgan fingerprint density at radius 3 is 2.78 bits per heavy atom. The van der Waals surface area contributed by atoms with Crippen molar-refractivity contribution < 1.29 is 14.7 Å². The zero-order valence-electron chi connectivity index (χ0n) is 10.3. The quantitative estimate of drug-likeness (QED) is 0.583. The van der Waals surface area contributed by atoms with Crippen molar-refractivity contribution >= 4 is 11.9 Å². The van der Waals surface area contributed by atoms with Gasteiger partial charge in [-0.2, -0.15) is 5.10 Å². The molecule has 18 heavy (non-hydrogen) atoms. The second kappa shape index (κ2) is 6.75. The molecule has 0 aliphatic carbocycles. The second-order valence-electron chi connectivity index (χ2n) is 4.03. The van der Waals surface area contributed by atoms with Crippen LogP contribution in [0, 0.1) is 0 Å². The van der Waals surface area contributed by atoms with Crippen molar-refractivity contribution in [3.05, 3.63) is 18.0 Å². The average molecular weight is 254 g/mol. The summed E-state index contributed by atoms with van der Waals surface area (Å²) in [6.45, 7) is 0.526. The number of aryl methyl sites for hydroxylation is 1. The van der Waals surface area contributed by atoms with Gasteiger partial charge < -0.3 is 16.2 Å². The van der Waals surface area contributed by atoms with Crippen molar-refractivity contribution in [1.82, 2.24) is 15.1 Å². The van der Waals surface area contributed by atoms with Crippen molar-refractivity contribution in [2.45, 2.75) is 25.3 Å². The summed E-state index contributed by atoms with van der Waals surface area (Å²) in [4.78, 5) is 22.7. The highest BCUT2D eigenvalue weighted by Gasteiger charge is 2.22. The van der Waals surface area contributed by atoms with Crippen molar-refractivity contribution in [3.8, 4) is 0 Å². The fourth-order valence-corrected chi connectivity index (χ4v) is 1.54. The monoisotopic (exact) mass is 254 g/mol. The molecule has 1 atom stereocenters. The largest absolute Gasteiger partial charge is 0.479 e. The van der Waals surface area contributed by atoms with Crippen LogP contribution in [0.25, 0.3) is 0 Å². The Morgan fingerprint density at radius 2 is 2.28 bits per heavy atom. The van der Waals surface area contributed by atoms with Gasteiger partial charge in [-0.3, -0.25) is 9.48 Å². The molecule has 0 radical (unpaired) electrons. The molecule has 1 unspecified atom stereocenters. The highest BCUT2D eigenvalue weighted by Crippen LogP contribution is 2.12. The predicted octanol–water partition coefficient (Wildman–Crippen LogP) is -0.209. The van der Waals surface area contributed by atoms with Gasteiger partial charge in [-0.25, -0.2) is 4.79 Å². The molecule has 4 N–H and O–H groups in total. The van der Waals surface area contributed by atoms with Crippen molar-refractivity contribution in [3.63, 3.8) is 0 Å². The SMILES string of the molecule is Cn1cc(C(NC(=O)CCCCN)C(=O)O)cn1. The van der Waals surface area contributed by atoms with E-state index in [1.54, 1.807) is 13.2 Å². The predicted molar refractivity (Wildman–Crippen MR) is 64.6 cm³/mol. The molecule has 1 aromatic rings. The number of hydrogen-bond donors (Lipinski definition) is 3. The number of carbonyl (C=O) groups excluding carboxylic acids is 1. The summed E-state index contributed by atoms with van der Waals surface area (Å²) in [6, 6.07) is -1.05. The smallest absolute Gasteiger partial charge is 0.331 e. The summed E-state index contributed by atoms with van der Waals surface area (Å²) in [7, 11) is 1.69. The van der Waals surface area contributed by atoms with Crippen LogP contribution >= 0.6 is 0 Å². The maximum Gasteiger partial charge on any atom is 0.331 e. The number of carboxylic acid groups (broad SMARTS) is 1. The number of nitrogens with one attached hydrogen (secondary N) is 1. The van der Waals surface area contributed by atoms with Crippen LogP contribution in [0.5, 0.6) is 0 Å². The third kappa shape index (κ3) is 4.17. The van der Waals surface area contributed by atoms with Crippen LogP contribution in [0.4, 0.5) is 0 Å². The summed E-state index contributed by atoms with van der Waals surface area (Å²) >= 11 is 0. The summed E-state index contributed by atoms with van der Waals surface area (Å²) in [5, 5.41) is 15.4. The third-order valence-electron chi connectivity index (χ3n) is 2.47. The lowest BCUT2D eigenvalue weighted by molar-refractivity contribution is -0.142. The number of aliphatic carboxylic acids is 1. The molecule has 0 saturated heterocycles. The number of aromatic nitrogens is 2. The zero-order chi connectivity index (χ0) is 13.5. The van der Waals surface area contributed by atoms with Crippen LogP contribution in [0.2, 0.25) is 0 Å². The van der Waals surface area contributed by atoms with E-state index >= 15 is 0 Å². The number of nitrogens with two attached hydrogens (primary N) is 1. The van der Waals surface area contributed by atoms with E-state index in [4.69, 9.17) is 10.8 Å². The average Bonchev–Trinajstić information content (AvgIpc) is 2.72. The Balaban J connectivity index is 2.59. The van der Waals surface area contributed by atoms with E-state index in [-0.39, 0.29) is 12.3 Å². The summed E-state index contributed by atoms with van der Waals surface area (Å²) in [5.74, 6) is -1.39. The van der Waals surface area contributed by atoms with Crippen molar-refractivity contribution in [2.75, 3.05) is 6.54 Å². The van der Waals surface area contributed by atoms with Gasteiger partial charge in [0.2, 0.25) is 5.91 Å². The first-order valence-corrected chi connectivity index (χ1v) is 5.75. The van der Waals surface area contributed by atoms with E-state index in [1.807, 2.05) is 0 Å². The Labute approximate surface area is 105 Å². The third-order valence-corrected chi connectivity index (χ3v) is 2.47. The second-order valence-corrected chi connectivity index (χ2v) is 4.03. The molecular weight excluding hydrogens is 236 g/mol. The Hall–Kier alpha value is -1.89. The normalized spacial score (nSPS) is 12.1. The molecule has 0 aliphatic rings. The molecule has 1 heterocycles. The van der Waals surface area contributed by atoms with Crippen LogP contribution in [0.1, 0.15) is 30.9 Å². The molecule has 1 rings (SSSR count). The number of carbonyl (C=O) groups is 2. The van der Waals surface area contributed by atoms with Gasteiger partial charge in [0.1, 0.15) is 0 Å². The number of carboxylic acids is 1. The number of amides is 1. The standard InChI is InChI=1S/C11H18N4O3/c1-15-7-8(6-13-15)10(11(17)18)14-9(16)4-2-3-5-12/h6-7,10H,2-5,12H2,1H3,(H,14,16)(H,17,18). The van der Waals surface area contributed by atoms with Gasteiger partial charge in [-0.05, 0) is 19.4 Å². The summed E-state index contributed by atoms with van der Waals surface area (Å²) < 4.78 is 1.49. The highest BCUT2D eigenvalue weighted by atomic mass is 16.4. The van der Waals surface area contributed by atoms with E-state index in [1.165, 1.54) is 10.9 Å². The topological polar surface area (TPSA) is 110 Å². The number of unbranched alkanes of at least 4 members (excludes halogenated alkanes) is 1. The number of rotatable bonds is 7. The first kappa shape index (κ1) is 14.2. The van der Waals surface area contributed by atoms with Crippen molar-refractivity contribution in [2.24, 2.45) is 12.8 Å². The maximum absolute atomic E-state index is 11.6. The first-order valence-electron chi connectivity index (χ1n) is 5.75. The van der Waals surface area contributed by atoms with Crippen LogP contribution in [0.3, 0.4) is 0 Å². The molecule has 0 aliphatic heterocycles. The highest BCUT2D eigenvalue weighted by molar-refractivity contribution is 5.84. The molecule has 0 aromatic carbocycles. The van der Waals surface area contributed by atoms with Gasteiger partial charge in [-0.1, -0.05) is 0 Å². The Morgan fingerprint density at radius 1 is 1.56 bits per heavy atom. The van der Waals surface area contributed by atoms with E-state index in [9.17, 15) is 9.59 Å². The van der Waals surface area contributed by atoms with Crippen LogP contribution in [-0.2, 0) is 16.6 Å². The zero-order valence-corrected chi connectivity index (χ0v) is 10.3. The lowest BCUT2D eigenvalue weighted by Gasteiger charge is -2.12. The van der Waals surface area contributed by atoms with Gasteiger partial charge in [0.05, 0.1) is 6.20 Å². The van der Waals surface area contributed by atoms with Gasteiger partial charge in [0.15, 0.2) is 6.04 Å². The molecular formula is C11H18N4O3. The molecule has 1 aromatic heterocycles. The number of hydrogen-bond acceptors (Lipinski definition) is 4. The Bertz CT molecular complexity index is 416. The molecule has 7 heteroatoms. The fourth-order valence-electron chi connectivity index (χ4n) is 1.54. The van der Waals surface area contributed by atoms with Gasteiger partial charge in [0.25, 0.3) is 0 Å². The Kier molecular flexibility index (Phi) is 5.31. The molecule has 7 nitrogen and oxygen atoms in total. The lowest BCUT2D eigenvalue weighted by atomic mass is 10.1. The van der Waals surface area contributed by atoms with Gasteiger partial charge in [0, 0.05) is 25.2 Å². The lowest BCUT2D eigenvalue weighted by Crippen LogP contribution is -2.33. The minimum Gasteiger partial charge on any atom is -0.479 e. The van der Waals surface area contributed by atoms with Crippen LogP contribution in [0.15, 0.2) is 12.4 Å². The van der Waals surface area contributed by atoms with Crippen molar-refractivity contribution in [1.29, 1.82) is 0 Å². The summed E-state index contributed by atoms with van der Waals surface area (Å²) in [5.41, 5.74) is 5.78. The minimum absolute atomic E-state index is 0.279. The maximum atomic E-state index is 11.6. The number of nitrogens with zero attached hydrogens (tertiary/aromatic N) is 2. The van der Waals surface area contributed by atoms with Gasteiger partial charge in [-0.15, -0.1) is 0 Å². The van der Waals surface area contributed by atoms with Gasteiger partial charge >= 0.3 is 5.97 Å². The molecule has 100 valence electrons. The first-order chi connectivity index (χ1) is 8.54. The van der Waals surface area contributed by atoms with E-state index in [0.717, 1.165) is 6.42 Å². The molecule has 0 fully saturated rings. The minimum atomic E-state index is -1.10.